The summed E-state index contributed by atoms with van der Waals surface area (Å²) in [7, 11) is 0. The van der Waals surface area contributed by atoms with E-state index >= 15 is 0 Å². The molecular formula is C29H52N8O5. The van der Waals surface area contributed by atoms with Crippen molar-refractivity contribution in [1.82, 2.24) is 36.8 Å². The first-order valence-electron chi connectivity index (χ1n) is 15.5. The van der Waals surface area contributed by atoms with E-state index in [1.807, 2.05) is 27.7 Å². The Hall–Kier alpha value is -3.32. The molecule has 1 aromatic rings. The highest BCUT2D eigenvalue weighted by molar-refractivity contribution is 5.94. The molecule has 8 N–H and O–H groups in total. The molecule has 238 valence electrons. The van der Waals surface area contributed by atoms with Crippen LogP contribution >= 0.6 is 0 Å². The number of H-pyrrole nitrogens is 1. The van der Waals surface area contributed by atoms with Gasteiger partial charge < -0.3 is 31.5 Å². The summed E-state index contributed by atoms with van der Waals surface area (Å²) in [5, 5.41) is 8.27. The van der Waals surface area contributed by atoms with E-state index in [2.05, 4.69) is 43.7 Å². The second kappa shape index (κ2) is 20.5. The van der Waals surface area contributed by atoms with Gasteiger partial charge in [-0.2, -0.15) is 0 Å². The molecule has 13 nitrogen and oxygen atoms in total. The fraction of sp³-hybridized carbons (Fsp3) is 0.724. The monoisotopic (exact) mass is 593 g/mol. The van der Waals surface area contributed by atoms with E-state index in [0.717, 1.165) is 25.7 Å². The predicted molar refractivity (Wildman–Crippen MR) is 161 cm³/mol. The second-order valence-electron chi connectivity index (χ2n) is 11.6. The molecule has 0 spiro atoms. The summed E-state index contributed by atoms with van der Waals surface area (Å²) < 4.78 is 7.53. The number of aldehydes is 1. The third-order valence-corrected chi connectivity index (χ3v) is 6.56. The molecule has 0 aliphatic carbocycles. The zero-order chi connectivity index (χ0) is 32.4. The van der Waals surface area contributed by atoms with E-state index in [1.54, 1.807) is 0 Å². The summed E-state index contributed by atoms with van der Waals surface area (Å²) in [5.74, 6) is -2.32. The first kappa shape index (κ1) is 34.9. The molecule has 0 saturated carbocycles. The molecule has 0 saturated heterocycles. The van der Waals surface area contributed by atoms with Crippen molar-refractivity contribution in [1.29, 1.82) is 0 Å². The number of hydrazine groups is 1. The van der Waals surface area contributed by atoms with Gasteiger partial charge in [0.15, 0.2) is 0 Å². The predicted octanol–water partition coefficient (Wildman–Crippen LogP) is 1.01. The standard InChI is InChI=1S/C29H52N8O5/c1-6-7-8-9-10-11-32-23(12-19(2)3)29(42)37-36-25(13-20(4)5)28(41)35-24(15-26(30)39)27(40)34-22(17-38)14-21-16-31-18-33-21/h16-20,22-25,32,36H,6-15H2,1-5H3,(H2,30,39)(H,31,33)(H,34,40)(H,35,41)(H,37,42)/t22?,23?,24-,25?/m0/s1/i17D. The summed E-state index contributed by atoms with van der Waals surface area (Å²) in [6.07, 6.45) is 7.72. The maximum absolute atomic E-state index is 13.3. The molecule has 13 heteroatoms. The van der Waals surface area contributed by atoms with Crippen molar-refractivity contribution in [2.75, 3.05) is 6.54 Å². The Morgan fingerprint density at radius 1 is 0.952 bits per heavy atom. The molecule has 0 aliphatic heterocycles. The highest BCUT2D eigenvalue weighted by Crippen LogP contribution is 2.09. The summed E-state index contributed by atoms with van der Waals surface area (Å²) in [5.41, 5.74) is 11.3. The largest absolute Gasteiger partial charge is 0.370 e. The number of amides is 4. The molecule has 1 rings (SSSR count). The normalized spacial score (nSPS) is 14.5. The van der Waals surface area contributed by atoms with Crippen LogP contribution in [-0.2, 0) is 30.4 Å². The summed E-state index contributed by atoms with van der Waals surface area (Å²) >= 11 is 0. The Kier molecular flexibility index (Phi) is 17.1. The van der Waals surface area contributed by atoms with Gasteiger partial charge in [0.05, 0.1) is 24.8 Å². The molecule has 4 amide bonds. The van der Waals surface area contributed by atoms with Gasteiger partial charge in [-0.25, -0.2) is 10.4 Å². The number of nitrogens with one attached hydrogen (secondary N) is 6. The minimum absolute atomic E-state index is 0.0286. The smallest absolute Gasteiger partial charge is 0.251 e. The van der Waals surface area contributed by atoms with Crippen molar-refractivity contribution in [2.24, 2.45) is 17.6 Å². The molecule has 4 atom stereocenters. The maximum Gasteiger partial charge on any atom is 0.251 e. The van der Waals surface area contributed by atoms with Crippen molar-refractivity contribution in [3.05, 3.63) is 18.2 Å². The summed E-state index contributed by atoms with van der Waals surface area (Å²) in [6.45, 7) is 10.7. The van der Waals surface area contributed by atoms with E-state index in [-0.39, 0.29) is 24.2 Å². The third kappa shape index (κ3) is 15.6. The van der Waals surface area contributed by atoms with Crippen molar-refractivity contribution in [3.8, 4) is 0 Å². The van der Waals surface area contributed by atoms with Crippen molar-refractivity contribution in [3.63, 3.8) is 0 Å². The van der Waals surface area contributed by atoms with Gasteiger partial charge in [0.25, 0.3) is 5.91 Å². The topological polar surface area (TPSA) is 200 Å². The molecule has 0 fully saturated rings. The van der Waals surface area contributed by atoms with Gasteiger partial charge in [-0.3, -0.25) is 24.6 Å². The van der Waals surface area contributed by atoms with E-state index in [9.17, 15) is 24.0 Å². The number of nitrogens with two attached hydrogens (primary N) is 1. The van der Waals surface area contributed by atoms with Gasteiger partial charge in [-0.1, -0.05) is 60.3 Å². The SMILES string of the molecule is [2H]C(=O)C(Cc1cnc[nH]1)NC(=O)[C@H](CC(N)=O)NC(=O)C(CC(C)C)NNC(=O)C(CC(C)C)NCCCCCCC. The molecular weight excluding hydrogens is 540 g/mol. The molecule has 3 unspecified atom stereocenters. The minimum Gasteiger partial charge on any atom is -0.370 e. The van der Waals surface area contributed by atoms with E-state index in [4.69, 9.17) is 7.10 Å². The molecule has 0 bridgehead atoms. The average Bonchev–Trinajstić information content (AvgIpc) is 3.43. The lowest BCUT2D eigenvalue weighted by atomic mass is 10.0. The minimum atomic E-state index is -1.40. The van der Waals surface area contributed by atoms with Gasteiger partial charge in [0, 0.05) is 18.3 Å². The summed E-state index contributed by atoms with van der Waals surface area (Å²) in [4.78, 5) is 69.7. The third-order valence-electron chi connectivity index (χ3n) is 6.56. The van der Waals surface area contributed by atoms with Crippen LogP contribution < -0.4 is 32.5 Å². The fourth-order valence-corrected chi connectivity index (χ4v) is 4.40. The average molecular weight is 594 g/mol. The number of nitrogens with zero attached hydrogens (tertiary/aromatic N) is 1. The van der Waals surface area contributed by atoms with Crippen LogP contribution in [0.15, 0.2) is 12.5 Å². The van der Waals surface area contributed by atoms with Crippen LogP contribution in [0.5, 0.6) is 0 Å². The number of rotatable bonds is 23. The first-order chi connectivity index (χ1) is 20.3. The molecule has 0 aliphatic rings. The lowest BCUT2D eigenvalue weighted by Gasteiger charge is -2.26. The first-order valence-corrected chi connectivity index (χ1v) is 15.0. The number of carbonyl (C=O) groups excluding carboxylic acids is 5. The van der Waals surface area contributed by atoms with Crippen molar-refractivity contribution >= 4 is 29.9 Å². The Morgan fingerprint density at radius 2 is 1.60 bits per heavy atom. The number of aromatic amines is 1. The Bertz CT molecular complexity index is 1010. The second-order valence-corrected chi connectivity index (χ2v) is 11.6. The molecule has 1 aromatic heterocycles. The number of carbonyl (C=O) groups is 5. The highest BCUT2D eigenvalue weighted by Gasteiger charge is 2.30. The van der Waals surface area contributed by atoms with Gasteiger partial charge in [0.1, 0.15) is 19.7 Å². The number of primary amides is 1. The Morgan fingerprint density at radius 3 is 2.17 bits per heavy atom. The number of unbranched alkanes of at least 4 members (excludes halogenated alkanes) is 4. The van der Waals surface area contributed by atoms with Gasteiger partial charge in [-0.05, 0) is 37.6 Å². The quantitative estimate of drug-likeness (QED) is 0.0553. The Balaban J connectivity index is 2.90. The molecule has 42 heavy (non-hydrogen) atoms. The van der Waals surface area contributed by atoms with Crippen LogP contribution in [0, 0.1) is 11.8 Å². The van der Waals surface area contributed by atoms with E-state index in [0.29, 0.717) is 25.1 Å². The number of imidazole rings is 1. The maximum atomic E-state index is 13.3. The van der Waals surface area contributed by atoms with Crippen LogP contribution in [0.1, 0.15) is 93.0 Å². The molecule has 1 heterocycles. The van der Waals surface area contributed by atoms with E-state index < -0.39 is 54.6 Å². The Labute approximate surface area is 251 Å². The molecule has 0 radical (unpaired) electrons. The van der Waals surface area contributed by atoms with Crippen LogP contribution in [0.25, 0.3) is 0 Å². The fourth-order valence-electron chi connectivity index (χ4n) is 4.40. The number of hydrogen-bond acceptors (Lipinski definition) is 8. The number of hydrogen-bond donors (Lipinski definition) is 7. The van der Waals surface area contributed by atoms with Gasteiger partial charge >= 0.3 is 0 Å². The lowest BCUT2D eigenvalue weighted by molar-refractivity contribution is -0.133. The highest BCUT2D eigenvalue weighted by atomic mass is 16.2. The van der Waals surface area contributed by atoms with Crippen LogP contribution in [0.4, 0.5) is 0 Å². The zero-order valence-corrected chi connectivity index (χ0v) is 25.8. The van der Waals surface area contributed by atoms with Crippen molar-refractivity contribution in [2.45, 2.75) is 117 Å². The van der Waals surface area contributed by atoms with E-state index in [1.165, 1.54) is 18.9 Å². The zero-order valence-electron chi connectivity index (χ0n) is 26.8. The van der Waals surface area contributed by atoms with Crippen molar-refractivity contribution < 1.29 is 25.3 Å². The van der Waals surface area contributed by atoms with Crippen LogP contribution in [0.2, 0.25) is 0 Å². The molecule has 0 aromatic carbocycles. The van der Waals surface area contributed by atoms with Gasteiger partial charge in [-0.15, -0.1) is 0 Å². The lowest BCUT2D eigenvalue weighted by Crippen LogP contribution is -2.59. The van der Waals surface area contributed by atoms with Gasteiger partial charge in [0.2, 0.25) is 17.7 Å². The van der Waals surface area contributed by atoms with Crippen LogP contribution in [-0.4, -0.2) is 70.6 Å². The summed E-state index contributed by atoms with van der Waals surface area (Å²) in [6, 6.07) is -4.02. The van der Waals surface area contributed by atoms with Crippen LogP contribution in [0.3, 0.4) is 0 Å². The number of aromatic nitrogens is 2.